The zero-order valence-corrected chi connectivity index (χ0v) is 10.8. The van der Waals surface area contributed by atoms with Crippen molar-refractivity contribution in [1.29, 1.82) is 0 Å². The van der Waals surface area contributed by atoms with Gasteiger partial charge in [0.2, 0.25) is 0 Å². The number of nitrogens with one attached hydrogen (secondary N) is 1. The van der Waals surface area contributed by atoms with E-state index >= 15 is 0 Å². The molecular weight excluding hydrogens is 240 g/mol. The highest BCUT2D eigenvalue weighted by atomic mass is 16.5. The SMILES string of the molecule is O=c1cc(-c2ccccc2)[nH]n1CC1CCOCC1. The van der Waals surface area contributed by atoms with Crippen molar-refractivity contribution in [3.05, 3.63) is 46.8 Å². The van der Waals surface area contributed by atoms with Crippen LogP contribution < -0.4 is 5.56 Å². The van der Waals surface area contributed by atoms with Gasteiger partial charge in [-0.1, -0.05) is 30.3 Å². The highest BCUT2D eigenvalue weighted by Crippen LogP contribution is 2.18. The van der Waals surface area contributed by atoms with E-state index in [2.05, 4.69) is 5.10 Å². The summed E-state index contributed by atoms with van der Waals surface area (Å²) in [5.74, 6) is 0.536. The number of rotatable bonds is 3. The highest BCUT2D eigenvalue weighted by Gasteiger charge is 2.16. The second-order valence-corrected chi connectivity index (χ2v) is 5.04. The van der Waals surface area contributed by atoms with Gasteiger partial charge in [-0.25, -0.2) is 0 Å². The molecule has 0 unspecified atom stereocenters. The third-order valence-corrected chi connectivity index (χ3v) is 3.66. The Morgan fingerprint density at radius 3 is 2.68 bits per heavy atom. The number of benzene rings is 1. The van der Waals surface area contributed by atoms with E-state index in [1.54, 1.807) is 10.7 Å². The molecule has 0 spiro atoms. The first-order chi connectivity index (χ1) is 9.33. The molecule has 1 N–H and O–H groups in total. The summed E-state index contributed by atoms with van der Waals surface area (Å²) in [7, 11) is 0. The zero-order chi connectivity index (χ0) is 13.1. The van der Waals surface area contributed by atoms with Crippen LogP contribution in [0.25, 0.3) is 11.3 Å². The lowest BCUT2D eigenvalue weighted by molar-refractivity contribution is 0.0599. The van der Waals surface area contributed by atoms with Crippen LogP contribution in [0, 0.1) is 5.92 Å². The van der Waals surface area contributed by atoms with Gasteiger partial charge in [0.05, 0.1) is 5.69 Å². The molecule has 0 radical (unpaired) electrons. The lowest BCUT2D eigenvalue weighted by Gasteiger charge is -2.21. The van der Waals surface area contributed by atoms with Gasteiger partial charge in [-0.2, -0.15) is 0 Å². The van der Waals surface area contributed by atoms with Crippen molar-refractivity contribution in [2.75, 3.05) is 13.2 Å². The Morgan fingerprint density at radius 2 is 1.95 bits per heavy atom. The molecule has 0 aliphatic carbocycles. The summed E-state index contributed by atoms with van der Waals surface area (Å²) in [6, 6.07) is 11.6. The summed E-state index contributed by atoms with van der Waals surface area (Å²) < 4.78 is 7.07. The Balaban J connectivity index is 1.79. The first-order valence-electron chi connectivity index (χ1n) is 6.76. The largest absolute Gasteiger partial charge is 0.381 e. The molecule has 3 rings (SSSR count). The van der Waals surface area contributed by atoms with Gasteiger partial charge in [0, 0.05) is 25.8 Å². The van der Waals surface area contributed by atoms with Gasteiger partial charge in [-0.05, 0) is 24.3 Å². The summed E-state index contributed by atoms with van der Waals surface area (Å²) in [5, 5.41) is 3.21. The summed E-state index contributed by atoms with van der Waals surface area (Å²) in [4.78, 5) is 12.0. The Hall–Kier alpha value is -1.81. The quantitative estimate of drug-likeness (QED) is 0.918. The van der Waals surface area contributed by atoms with E-state index in [1.807, 2.05) is 30.3 Å². The first kappa shape index (κ1) is 12.2. The molecule has 4 heteroatoms. The standard InChI is InChI=1S/C15H18N2O2/c18-15-10-14(13-4-2-1-3-5-13)16-17(15)11-12-6-8-19-9-7-12/h1-5,10,12,16H,6-9,11H2. The second kappa shape index (κ2) is 5.45. The maximum absolute atomic E-state index is 12.0. The third-order valence-electron chi connectivity index (χ3n) is 3.66. The van der Waals surface area contributed by atoms with E-state index in [9.17, 15) is 4.79 Å². The van der Waals surface area contributed by atoms with Crippen LogP contribution in [0.15, 0.2) is 41.2 Å². The van der Waals surface area contributed by atoms with Crippen molar-refractivity contribution < 1.29 is 4.74 Å². The van der Waals surface area contributed by atoms with E-state index in [0.717, 1.165) is 43.9 Å². The second-order valence-electron chi connectivity index (χ2n) is 5.04. The molecule has 1 aliphatic heterocycles. The van der Waals surface area contributed by atoms with E-state index < -0.39 is 0 Å². The van der Waals surface area contributed by atoms with Gasteiger partial charge >= 0.3 is 0 Å². The lowest BCUT2D eigenvalue weighted by Crippen LogP contribution is -2.25. The first-order valence-corrected chi connectivity index (χ1v) is 6.76. The number of aromatic nitrogens is 2. The number of hydrogen-bond acceptors (Lipinski definition) is 2. The lowest BCUT2D eigenvalue weighted by atomic mass is 10.0. The average Bonchev–Trinajstić information content (AvgIpc) is 2.82. The fourth-order valence-corrected chi connectivity index (χ4v) is 2.52. The number of aromatic amines is 1. The molecular formula is C15H18N2O2. The maximum Gasteiger partial charge on any atom is 0.267 e. The molecule has 2 heterocycles. The minimum Gasteiger partial charge on any atom is -0.381 e. The average molecular weight is 258 g/mol. The minimum atomic E-state index is 0.0466. The Morgan fingerprint density at radius 1 is 1.21 bits per heavy atom. The molecule has 1 aromatic heterocycles. The van der Waals surface area contributed by atoms with Gasteiger partial charge in [-0.3, -0.25) is 14.6 Å². The number of hydrogen-bond donors (Lipinski definition) is 1. The zero-order valence-electron chi connectivity index (χ0n) is 10.8. The van der Waals surface area contributed by atoms with Crippen LogP contribution in [-0.4, -0.2) is 23.0 Å². The summed E-state index contributed by atoms with van der Waals surface area (Å²) >= 11 is 0. The van der Waals surface area contributed by atoms with Crippen LogP contribution in [0.4, 0.5) is 0 Å². The molecule has 0 atom stereocenters. The Bertz CT molecular complexity index is 580. The van der Waals surface area contributed by atoms with Crippen molar-refractivity contribution in [2.45, 2.75) is 19.4 Å². The van der Waals surface area contributed by atoms with Crippen molar-refractivity contribution in [2.24, 2.45) is 5.92 Å². The van der Waals surface area contributed by atoms with Crippen molar-refractivity contribution in [3.8, 4) is 11.3 Å². The number of H-pyrrole nitrogens is 1. The van der Waals surface area contributed by atoms with Crippen LogP contribution in [0.5, 0.6) is 0 Å². The molecule has 1 saturated heterocycles. The molecule has 0 bridgehead atoms. The summed E-state index contributed by atoms with van der Waals surface area (Å²) in [6.07, 6.45) is 2.07. The normalized spacial score (nSPS) is 16.6. The maximum atomic E-state index is 12.0. The van der Waals surface area contributed by atoms with Crippen LogP contribution in [0.1, 0.15) is 12.8 Å². The molecule has 1 aromatic carbocycles. The molecule has 0 saturated carbocycles. The molecule has 0 amide bonds. The van der Waals surface area contributed by atoms with Crippen molar-refractivity contribution >= 4 is 0 Å². The molecule has 4 nitrogen and oxygen atoms in total. The smallest absolute Gasteiger partial charge is 0.267 e. The third kappa shape index (κ3) is 2.79. The monoisotopic (exact) mass is 258 g/mol. The van der Waals surface area contributed by atoms with E-state index in [0.29, 0.717) is 5.92 Å². The molecule has 1 aliphatic rings. The van der Waals surface area contributed by atoms with E-state index in [4.69, 9.17) is 4.74 Å². The Labute approximate surface area is 112 Å². The van der Waals surface area contributed by atoms with E-state index in [1.165, 1.54) is 0 Å². The predicted molar refractivity (Wildman–Crippen MR) is 74.0 cm³/mol. The van der Waals surface area contributed by atoms with Gasteiger partial charge in [0.1, 0.15) is 0 Å². The van der Waals surface area contributed by atoms with Gasteiger partial charge in [0.15, 0.2) is 0 Å². The van der Waals surface area contributed by atoms with Crippen LogP contribution in [0.2, 0.25) is 0 Å². The summed E-state index contributed by atoms with van der Waals surface area (Å²) in [6.45, 7) is 2.38. The summed E-state index contributed by atoms with van der Waals surface area (Å²) in [5.41, 5.74) is 1.98. The fourth-order valence-electron chi connectivity index (χ4n) is 2.52. The van der Waals surface area contributed by atoms with Gasteiger partial charge in [0.25, 0.3) is 5.56 Å². The molecule has 1 fully saturated rings. The molecule has 19 heavy (non-hydrogen) atoms. The Kier molecular flexibility index (Phi) is 3.51. The number of ether oxygens (including phenoxy) is 1. The van der Waals surface area contributed by atoms with Gasteiger partial charge in [-0.15, -0.1) is 0 Å². The van der Waals surface area contributed by atoms with Crippen LogP contribution in [-0.2, 0) is 11.3 Å². The fraction of sp³-hybridized carbons (Fsp3) is 0.400. The predicted octanol–water partition coefficient (Wildman–Crippen LogP) is 2.27. The molecule has 2 aromatic rings. The highest BCUT2D eigenvalue weighted by molar-refractivity contribution is 5.57. The van der Waals surface area contributed by atoms with Crippen molar-refractivity contribution in [3.63, 3.8) is 0 Å². The minimum absolute atomic E-state index is 0.0466. The topological polar surface area (TPSA) is 47.0 Å². The van der Waals surface area contributed by atoms with E-state index in [-0.39, 0.29) is 5.56 Å². The van der Waals surface area contributed by atoms with Crippen LogP contribution >= 0.6 is 0 Å². The van der Waals surface area contributed by atoms with Gasteiger partial charge < -0.3 is 4.74 Å². The molecule has 100 valence electrons. The number of nitrogens with zero attached hydrogens (tertiary/aromatic N) is 1. The van der Waals surface area contributed by atoms with Crippen molar-refractivity contribution in [1.82, 2.24) is 9.78 Å². The van der Waals surface area contributed by atoms with Crippen LogP contribution in [0.3, 0.4) is 0 Å².